The van der Waals surface area contributed by atoms with Crippen LogP contribution in [0.25, 0.3) is 0 Å². The molecule has 0 unspecified atom stereocenters. The molecular formula is C21H26N2O3S. The maximum Gasteiger partial charge on any atom is 0.235 e. The molecule has 5 nitrogen and oxygen atoms in total. The first-order valence-corrected chi connectivity index (χ1v) is 11.2. The zero-order valence-electron chi connectivity index (χ0n) is 15.7. The Hall–Kier alpha value is -2.21. The van der Waals surface area contributed by atoms with Gasteiger partial charge in [0.05, 0.1) is 18.6 Å². The van der Waals surface area contributed by atoms with Gasteiger partial charge >= 0.3 is 0 Å². The average molecular weight is 387 g/mol. The number of aryl methyl sites for hydroxylation is 1. The highest BCUT2D eigenvalue weighted by Crippen LogP contribution is 2.34. The monoisotopic (exact) mass is 386 g/mol. The highest BCUT2D eigenvalue weighted by Gasteiger charge is 2.29. The van der Waals surface area contributed by atoms with Gasteiger partial charge in [-0.15, -0.1) is 0 Å². The quantitative estimate of drug-likeness (QED) is 0.765. The van der Waals surface area contributed by atoms with E-state index in [9.17, 15) is 8.42 Å². The van der Waals surface area contributed by atoms with Gasteiger partial charge in [0.25, 0.3) is 0 Å². The summed E-state index contributed by atoms with van der Waals surface area (Å²) >= 11 is 0. The lowest BCUT2D eigenvalue weighted by Crippen LogP contribution is -2.32. The summed E-state index contributed by atoms with van der Waals surface area (Å²) in [7, 11) is -1.73. The molecule has 1 saturated heterocycles. The molecule has 27 heavy (non-hydrogen) atoms. The Labute approximate surface area is 161 Å². The van der Waals surface area contributed by atoms with Gasteiger partial charge < -0.3 is 9.64 Å². The molecule has 2 aliphatic rings. The number of fused-ring (bicyclic) bond motifs is 1. The molecule has 2 aliphatic heterocycles. The average Bonchev–Trinajstić information content (AvgIpc) is 3.36. The second-order valence-corrected chi connectivity index (χ2v) is 9.26. The molecule has 6 heteroatoms. The number of ether oxygens (including phenoxy) is 1. The number of rotatable bonds is 6. The predicted octanol–water partition coefficient (Wildman–Crippen LogP) is 3.23. The summed E-state index contributed by atoms with van der Waals surface area (Å²) in [6.45, 7) is 2.74. The number of nitrogens with zero attached hydrogens (tertiary/aromatic N) is 2. The SMILES string of the molecule is COc1cccc(CCS(=O)(=O)N2CCc3cc(N4CCCC4)ccc32)c1. The van der Waals surface area contributed by atoms with Crippen molar-refractivity contribution in [2.24, 2.45) is 0 Å². The summed E-state index contributed by atoms with van der Waals surface area (Å²) in [6, 6.07) is 13.8. The van der Waals surface area contributed by atoms with Gasteiger partial charge in [-0.2, -0.15) is 0 Å². The smallest absolute Gasteiger partial charge is 0.235 e. The second kappa shape index (κ2) is 7.43. The summed E-state index contributed by atoms with van der Waals surface area (Å²) in [5, 5.41) is 0. The van der Waals surface area contributed by atoms with Crippen molar-refractivity contribution < 1.29 is 13.2 Å². The molecular weight excluding hydrogens is 360 g/mol. The minimum Gasteiger partial charge on any atom is -0.497 e. The van der Waals surface area contributed by atoms with Gasteiger partial charge in [-0.25, -0.2) is 8.42 Å². The lowest BCUT2D eigenvalue weighted by atomic mass is 10.1. The predicted molar refractivity (Wildman–Crippen MR) is 109 cm³/mol. The zero-order valence-corrected chi connectivity index (χ0v) is 16.5. The Bertz CT molecular complexity index is 921. The van der Waals surface area contributed by atoms with Gasteiger partial charge in [0.2, 0.25) is 10.0 Å². The third-order valence-corrected chi connectivity index (χ3v) is 7.28. The van der Waals surface area contributed by atoms with Gasteiger partial charge in [-0.1, -0.05) is 12.1 Å². The highest BCUT2D eigenvalue weighted by atomic mass is 32.2. The first-order chi connectivity index (χ1) is 13.1. The van der Waals surface area contributed by atoms with Crippen LogP contribution in [0, 0.1) is 0 Å². The van der Waals surface area contributed by atoms with Gasteiger partial charge in [-0.3, -0.25) is 4.31 Å². The molecule has 2 aromatic carbocycles. The number of hydrogen-bond donors (Lipinski definition) is 0. The van der Waals surface area contributed by atoms with Gasteiger partial charge in [0.1, 0.15) is 5.75 Å². The van der Waals surface area contributed by atoms with E-state index in [-0.39, 0.29) is 5.75 Å². The maximum absolute atomic E-state index is 12.9. The zero-order chi connectivity index (χ0) is 18.9. The fourth-order valence-electron chi connectivity index (χ4n) is 4.00. The van der Waals surface area contributed by atoms with Crippen molar-refractivity contribution in [3.8, 4) is 5.75 Å². The van der Waals surface area contributed by atoms with Crippen LogP contribution in [0.15, 0.2) is 42.5 Å². The van der Waals surface area contributed by atoms with Crippen LogP contribution in [0.4, 0.5) is 11.4 Å². The molecule has 2 aromatic rings. The molecule has 2 heterocycles. The van der Waals surface area contributed by atoms with Crippen molar-refractivity contribution in [3.05, 3.63) is 53.6 Å². The van der Waals surface area contributed by atoms with Crippen molar-refractivity contribution in [1.29, 1.82) is 0 Å². The van der Waals surface area contributed by atoms with E-state index in [4.69, 9.17) is 4.74 Å². The topological polar surface area (TPSA) is 49.9 Å². The van der Waals surface area contributed by atoms with E-state index < -0.39 is 10.0 Å². The summed E-state index contributed by atoms with van der Waals surface area (Å²) in [5.41, 5.74) is 4.19. The highest BCUT2D eigenvalue weighted by molar-refractivity contribution is 7.92. The third kappa shape index (κ3) is 3.76. The molecule has 0 bridgehead atoms. The number of sulfonamides is 1. The fourth-order valence-corrected chi connectivity index (χ4v) is 5.57. The molecule has 0 aliphatic carbocycles. The van der Waals surface area contributed by atoms with Crippen molar-refractivity contribution in [3.63, 3.8) is 0 Å². The minimum atomic E-state index is -3.34. The lowest BCUT2D eigenvalue weighted by molar-refractivity contribution is 0.414. The van der Waals surface area contributed by atoms with E-state index in [1.165, 1.54) is 18.5 Å². The van der Waals surface area contributed by atoms with Crippen LogP contribution in [0.2, 0.25) is 0 Å². The Balaban J connectivity index is 1.48. The first-order valence-electron chi connectivity index (χ1n) is 9.58. The number of methoxy groups -OCH3 is 1. The van der Waals surface area contributed by atoms with Crippen molar-refractivity contribution >= 4 is 21.4 Å². The number of anilines is 2. The maximum atomic E-state index is 12.9. The van der Waals surface area contributed by atoms with Crippen molar-refractivity contribution in [2.45, 2.75) is 25.7 Å². The Morgan fingerprint density at radius 3 is 2.63 bits per heavy atom. The minimum absolute atomic E-state index is 0.105. The van der Waals surface area contributed by atoms with Crippen LogP contribution >= 0.6 is 0 Å². The van der Waals surface area contributed by atoms with Crippen LogP contribution in [0.3, 0.4) is 0 Å². The summed E-state index contributed by atoms with van der Waals surface area (Å²) in [4.78, 5) is 2.39. The largest absolute Gasteiger partial charge is 0.497 e. The lowest BCUT2D eigenvalue weighted by Gasteiger charge is -2.22. The molecule has 0 radical (unpaired) electrons. The van der Waals surface area contributed by atoms with Crippen molar-refractivity contribution in [2.75, 3.05) is 41.7 Å². The normalized spacial score (nSPS) is 16.6. The molecule has 0 atom stereocenters. The molecule has 0 N–H and O–H groups in total. The van der Waals surface area contributed by atoms with Crippen LogP contribution in [0.5, 0.6) is 5.75 Å². The molecule has 4 rings (SSSR count). The standard InChI is InChI=1S/C21H26N2O3S/c1-26-20-6-4-5-17(15-20)10-14-27(24,25)23-13-9-18-16-19(7-8-21(18)23)22-11-2-3-12-22/h4-8,15-16H,2-3,9-14H2,1H3. The Morgan fingerprint density at radius 1 is 1.04 bits per heavy atom. The molecule has 0 aromatic heterocycles. The van der Waals surface area contributed by atoms with E-state index in [2.05, 4.69) is 17.0 Å². The number of hydrogen-bond acceptors (Lipinski definition) is 4. The molecule has 1 fully saturated rings. The van der Waals surface area contributed by atoms with Crippen LogP contribution in [-0.2, 0) is 22.9 Å². The third-order valence-electron chi connectivity index (χ3n) is 5.51. The first kappa shape index (κ1) is 18.2. The van der Waals surface area contributed by atoms with E-state index >= 15 is 0 Å². The van der Waals surface area contributed by atoms with E-state index in [0.717, 1.165) is 42.1 Å². The molecule has 144 valence electrons. The van der Waals surface area contributed by atoms with Crippen molar-refractivity contribution in [1.82, 2.24) is 0 Å². The van der Waals surface area contributed by atoms with E-state index in [1.54, 1.807) is 11.4 Å². The van der Waals surface area contributed by atoms with Gasteiger partial charge in [0.15, 0.2) is 0 Å². The molecule has 0 spiro atoms. The van der Waals surface area contributed by atoms with Gasteiger partial charge in [-0.05, 0) is 67.1 Å². The summed E-state index contributed by atoms with van der Waals surface area (Å²) in [6.07, 6.45) is 3.75. The molecule has 0 amide bonds. The summed E-state index contributed by atoms with van der Waals surface area (Å²) in [5.74, 6) is 0.860. The summed E-state index contributed by atoms with van der Waals surface area (Å²) < 4.78 is 32.7. The van der Waals surface area contributed by atoms with Gasteiger partial charge in [0, 0.05) is 25.3 Å². The van der Waals surface area contributed by atoms with Crippen LogP contribution in [-0.4, -0.2) is 40.9 Å². The van der Waals surface area contributed by atoms with Crippen LogP contribution < -0.4 is 13.9 Å². The van der Waals surface area contributed by atoms with Crippen LogP contribution in [0.1, 0.15) is 24.0 Å². The van der Waals surface area contributed by atoms with E-state index in [0.29, 0.717) is 13.0 Å². The second-order valence-electron chi connectivity index (χ2n) is 7.25. The number of benzene rings is 2. The fraction of sp³-hybridized carbons (Fsp3) is 0.429. The molecule has 0 saturated carbocycles. The Morgan fingerprint density at radius 2 is 1.85 bits per heavy atom. The Kier molecular flexibility index (Phi) is 5.00. The van der Waals surface area contributed by atoms with E-state index in [1.807, 2.05) is 30.3 Å².